The van der Waals surface area contributed by atoms with Gasteiger partial charge in [-0.15, -0.1) is 0 Å². The first-order valence-corrected chi connectivity index (χ1v) is 7.45. The van der Waals surface area contributed by atoms with Crippen LogP contribution in [0.5, 0.6) is 0 Å². The third-order valence-electron chi connectivity index (χ3n) is 3.74. The third kappa shape index (κ3) is 3.50. The number of aromatic nitrogens is 1. The Kier molecular flexibility index (Phi) is 4.01. The van der Waals surface area contributed by atoms with Crippen LogP contribution in [0.3, 0.4) is 0 Å². The molecule has 1 aromatic heterocycles. The van der Waals surface area contributed by atoms with Gasteiger partial charge in [0.2, 0.25) is 5.91 Å². The minimum Gasteiger partial charge on any atom is -0.360 e. The highest BCUT2D eigenvalue weighted by molar-refractivity contribution is 5.94. The predicted molar refractivity (Wildman–Crippen MR) is 85.2 cm³/mol. The Morgan fingerprint density at radius 1 is 1.35 bits per heavy atom. The number of hydrogen-bond acceptors (Lipinski definition) is 4. The van der Waals surface area contributed by atoms with Crippen LogP contribution in [0, 0.1) is 6.92 Å². The molecule has 120 valence electrons. The van der Waals surface area contributed by atoms with Crippen molar-refractivity contribution in [2.75, 3.05) is 10.6 Å². The number of amides is 3. The second-order valence-corrected chi connectivity index (χ2v) is 5.61. The van der Waals surface area contributed by atoms with Gasteiger partial charge in [0.25, 0.3) is 0 Å². The average Bonchev–Trinajstić information content (AvgIpc) is 2.91. The van der Waals surface area contributed by atoms with E-state index in [1.807, 2.05) is 25.1 Å². The van der Waals surface area contributed by atoms with Gasteiger partial charge in [0.05, 0.1) is 6.04 Å². The SMILES string of the molecule is Cc1cc(NC(=O)N[C@H](C)c2ccc3c(c2)CCC(=O)N3)no1. The molecule has 0 saturated heterocycles. The van der Waals surface area contributed by atoms with Crippen LogP contribution >= 0.6 is 0 Å². The quantitative estimate of drug-likeness (QED) is 0.811. The van der Waals surface area contributed by atoms with Crippen molar-refractivity contribution >= 4 is 23.4 Å². The minimum atomic E-state index is -0.350. The second-order valence-electron chi connectivity index (χ2n) is 5.61. The van der Waals surface area contributed by atoms with Crippen molar-refractivity contribution < 1.29 is 14.1 Å². The van der Waals surface area contributed by atoms with Crippen LogP contribution in [-0.4, -0.2) is 17.1 Å². The third-order valence-corrected chi connectivity index (χ3v) is 3.74. The maximum atomic E-state index is 12.0. The van der Waals surface area contributed by atoms with Gasteiger partial charge in [-0.05, 0) is 37.5 Å². The van der Waals surface area contributed by atoms with Crippen molar-refractivity contribution in [3.05, 3.63) is 41.2 Å². The lowest BCUT2D eigenvalue weighted by atomic mass is 9.98. The summed E-state index contributed by atoms with van der Waals surface area (Å²) in [6.07, 6.45) is 1.20. The summed E-state index contributed by atoms with van der Waals surface area (Å²) in [6.45, 7) is 3.65. The van der Waals surface area contributed by atoms with E-state index in [0.29, 0.717) is 24.4 Å². The van der Waals surface area contributed by atoms with Crippen molar-refractivity contribution in [3.8, 4) is 0 Å². The molecule has 3 rings (SSSR count). The summed E-state index contributed by atoms with van der Waals surface area (Å²) in [4.78, 5) is 23.4. The van der Waals surface area contributed by atoms with Gasteiger partial charge >= 0.3 is 6.03 Å². The van der Waals surface area contributed by atoms with Gasteiger partial charge < -0.3 is 15.2 Å². The van der Waals surface area contributed by atoms with Crippen molar-refractivity contribution in [1.29, 1.82) is 0 Å². The Labute approximate surface area is 133 Å². The number of urea groups is 1. The fourth-order valence-electron chi connectivity index (χ4n) is 2.53. The molecule has 0 saturated carbocycles. The van der Waals surface area contributed by atoms with Gasteiger partial charge in [0, 0.05) is 18.2 Å². The molecule has 3 amide bonds. The summed E-state index contributed by atoms with van der Waals surface area (Å²) in [5, 5.41) is 12.0. The van der Waals surface area contributed by atoms with Gasteiger partial charge in [-0.25, -0.2) is 4.79 Å². The summed E-state index contributed by atoms with van der Waals surface area (Å²) in [6, 6.07) is 6.91. The summed E-state index contributed by atoms with van der Waals surface area (Å²) in [5.74, 6) is 1.05. The molecule has 7 heteroatoms. The number of aryl methyl sites for hydroxylation is 2. The molecule has 0 bridgehead atoms. The van der Waals surface area contributed by atoms with Crippen LogP contribution in [0.4, 0.5) is 16.3 Å². The number of benzene rings is 1. The Balaban J connectivity index is 1.65. The largest absolute Gasteiger partial charge is 0.360 e. The van der Waals surface area contributed by atoms with Crippen LogP contribution in [0.15, 0.2) is 28.8 Å². The Hall–Kier alpha value is -2.83. The summed E-state index contributed by atoms with van der Waals surface area (Å²) in [7, 11) is 0. The maximum Gasteiger partial charge on any atom is 0.320 e. The molecule has 0 unspecified atom stereocenters. The Bertz CT molecular complexity index is 754. The lowest BCUT2D eigenvalue weighted by molar-refractivity contribution is -0.116. The van der Waals surface area contributed by atoms with Gasteiger partial charge in [0.15, 0.2) is 5.82 Å². The number of nitrogens with zero attached hydrogens (tertiary/aromatic N) is 1. The molecule has 2 aromatic rings. The molecule has 2 heterocycles. The first kappa shape index (κ1) is 15.1. The van der Waals surface area contributed by atoms with Crippen molar-refractivity contribution in [2.24, 2.45) is 0 Å². The molecule has 1 atom stereocenters. The lowest BCUT2D eigenvalue weighted by Crippen LogP contribution is -2.31. The smallest absolute Gasteiger partial charge is 0.320 e. The Morgan fingerprint density at radius 3 is 2.91 bits per heavy atom. The number of fused-ring (bicyclic) bond motifs is 1. The maximum absolute atomic E-state index is 12.0. The van der Waals surface area contributed by atoms with Crippen LogP contribution in [0.2, 0.25) is 0 Å². The molecule has 0 aliphatic carbocycles. The topological polar surface area (TPSA) is 96.3 Å². The van der Waals surface area contributed by atoms with E-state index < -0.39 is 0 Å². The van der Waals surface area contributed by atoms with Crippen LogP contribution in [0.1, 0.15) is 36.3 Å². The second kappa shape index (κ2) is 6.12. The standard InChI is InChI=1S/C16H18N4O3/c1-9-7-14(20-23-9)19-16(22)17-10(2)11-3-5-13-12(8-11)4-6-15(21)18-13/h3,5,7-8,10H,4,6H2,1-2H3,(H,18,21)(H2,17,19,20,22)/t10-/m1/s1. The van der Waals surface area contributed by atoms with Crippen molar-refractivity contribution in [1.82, 2.24) is 10.5 Å². The van der Waals surface area contributed by atoms with E-state index in [0.717, 1.165) is 16.8 Å². The molecule has 1 aliphatic rings. The fourth-order valence-corrected chi connectivity index (χ4v) is 2.53. The van der Waals surface area contributed by atoms with E-state index in [2.05, 4.69) is 21.1 Å². The van der Waals surface area contributed by atoms with E-state index in [1.54, 1.807) is 13.0 Å². The van der Waals surface area contributed by atoms with Crippen molar-refractivity contribution in [3.63, 3.8) is 0 Å². The minimum absolute atomic E-state index is 0.0405. The monoisotopic (exact) mass is 314 g/mol. The summed E-state index contributed by atoms with van der Waals surface area (Å²) < 4.78 is 4.90. The Morgan fingerprint density at radius 2 is 2.17 bits per heavy atom. The van der Waals surface area contributed by atoms with E-state index in [1.165, 1.54) is 0 Å². The van der Waals surface area contributed by atoms with Gasteiger partial charge in [0.1, 0.15) is 5.76 Å². The van der Waals surface area contributed by atoms with E-state index in [9.17, 15) is 9.59 Å². The average molecular weight is 314 g/mol. The fraction of sp³-hybridized carbons (Fsp3) is 0.312. The molecule has 0 radical (unpaired) electrons. The molecule has 23 heavy (non-hydrogen) atoms. The molecular formula is C16H18N4O3. The summed E-state index contributed by atoms with van der Waals surface area (Å²) in [5.41, 5.74) is 2.91. The van der Waals surface area contributed by atoms with Crippen molar-refractivity contribution in [2.45, 2.75) is 32.7 Å². The summed E-state index contributed by atoms with van der Waals surface area (Å²) >= 11 is 0. The first-order chi connectivity index (χ1) is 11.0. The lowest BCUT2D eigenvalue weighted by Gasteiger charge is -2.20. The highest BCUT2D eigenvalue weighted by Crippen LogP contribution is 2.26. The van der Waals surface area contributed by atoms with Gasteiger partial charge in [-0.3, -0.25) is 10.1 Å². The molecule has 0 fully saturated rings. The molecule has 7 nitrogen and oxygen atoms in total. The van der Waals surface area contributed by atoms with E-state index >= 15 is 0 Å². The number of hydrogen-bond donors (Lipinski definition) is 3. The van der Waals surface area contributed by atoms with Crippen LogP contribution in [0.25, 0.3) is 0 Å². The molecule has 1 aromatic carbocycles. The molecular weight excluding hydrogens is 296 g/mol. The zero-order valence-electron chi connectivity index (χ0n) is 13.0. The van der Waals surface area contributed by atoms with Crippen LogP contribution in [-0.2, 0) is 11.2 Å². The van der Waals surface area contributed by atoms with E-state index in [-0.39, 0.29) is 18.0 Å². The predicted octanol–water partition coefficient (Wildman–Crippen LogP) is 2.75. The van der Waals surface area contributed by atoms with Gasteiger partial charge in [-0.1, -0.05) is 17.3 Å². The highest BCUT2D eigenvalue weighted by Gasteiger charge is 2.17. The first-order valence-electron chi connectivity index (χ1n) is 7.45. The molecule has 1 aliphatic heterocycles. The normalized spacial score (nSPS) is 14.6. The van der Waals surface area contributed by atoms with E-state index in [4.69, 9.17) is 4.52 Å². The zero-order chi connectivity index (χ0) is 16.4. The number of nitrogens with one attached hydrogen (secondary N) is 3. The van der Waals surface area contributed by atoms with Gasteiger partial charge in [-0.2, -0.15) is 0 Å². The van der Waals surface area contributed by atoms with Crippen LogP contribution < -0.4 is 16.0 Å². The molecule has 3 N–H and O–H groups in total. The number of rotatable bonds is 3. The molecule has 0 spiro atoms. The zero-order valence-corrected chi connectivity index (χ0v) is 13.0. The number of carbonyl (C=O) groups excluding carboxylic acids is 2. The highest BCUT2D eigenvalue weighted by atomic mass is 16.5. The number of anilines is 2. The number of carbonyl (C=O) groups is 2.